The van der Waals surface area contributed by atoms with Gasteiger partial charge in [-0.25, -0.2) is 4.79 Å². The van der Waals surface area contributed by atoms with E-state index < -0.39 is 18.5 Å². The number of amides is 1. The number of carbonyl (C=O) groups excluding carboxylic acids is 2. The summed E-state index contributed by atoms with van der Waals surface area (Å²) in [6.07, 6.45) is 0.0398. The summed E-state index contributed by atoms with van der Waals surface area (Å²) in [5.74, 6) is -0.286. The van der Waals surface area contributed by atoms with E-state index in [0.29, 0.717) is 22.5 Å². The van der Waals surface area contributed by atoms with Crippen LogP contribution in [0.1, 0.15) is 12.0 Å². The Kier molecular flexibility index (Phi) is 5.55. The highest BCUT2D eigenvalue weighted by molar-refractivity contribution is 5.94. The van der Waals surface area contributed by atoms with Gasteiger partial charge < -0.3 is 24.8 Å². The molecule has 0 aliphatic heterocycles. The number of hydrogen-bond donors (Lipinski definition) is 3. The van der Waals surface area contributed by atoms with Crippen LogP contribution >= 0.6 is 0 Å². The molecule has 0 aliphatic carbocycles. The Morgan fingerprint density at radius 2 is 1.85 bits per heavy atom. The van der Waals surface area contributed by atoms with E-state index in [9.17, 15) is 14.4 Å². The molecule has 3 rings (SSSR count). The summed E-state index contributed by atoms with van der Waals surface area (Å²) in [7, 11) is 0. The molecule has 0 saturated carbocycles. The lowest BCUT2D eigenvalue weighted by Crippen LogP contribution is -2.21. The number of anilines is 1. The zero-order valence-corrected chi connectivity index (χ0v) is 14.7. The molecule has 1 aromatic heterocycles. The molecule has 3 N–H and O–H groups in total. The van der Waals surface area contributed by atoms with Crippen LogP contribution in [-0.4, -0.2) is 35.1 Å². The summed E-state index contributed by atoms with van der Waals surface area (Å²) < 4.78 is 10.5. The summed E-state index contributed by atoms with van der Waals surface area (Å²) in [6.45, 7) is 1.69. The molecule has 0 spiro atoms. The first kappa shape index (κ1) is 18.2. The minimum Gasteiger partial charge on any atom is -0.493 e. The van der Waals surface area contributed by atoms with Crippen molar-refractivity contribution in [3.8, 4) is 5.75 Å². The second-order valence-corrected chi connectivity index (χ2v) is 5.91. The maximum Gasteiger partial charge on any atom is 0.323 e. The molecule has 8 nitrogen and oxygen atoms in total. The number of aromatic nitrogens is 2. The number of rotatable bonds is 7. The van der Waals surface area contributed by atoms with Gasteiger partial charge in [-0.3, -0.25) is 9.59 Å². The van der Waals surface area contributed by atoms with Crippen molar-refractivity contribution < 1.29 is 19.1 Å². The highest BCUT2D eigenvalue weighted by Crippen LogP contribution is 2.16. The molecule has 0 radical (unpaired) electrons. The third kappa shape index (κ3) is 4.97. The minimum absolute atomic E-state index is 0.0398. The van der Waals surface area contributed by atoms with E-state index >= 15 is 0 Å². The van der Waals surface area contributed by atoms with E-state index in [-0.39, 0.29) is 18.7 Å². The third-order valence-electron chi connectivity index (χ3n) is 3.82. The molecule has 8 heteroatoms. The number of hydrogen-bond acceptors (Lipinski definition) is 5. The van der Waals surface area contributed by atoms with Crippen LogP contribution in [0.2, 0.25) is 0 Å². The molecule has 0 aliphatic rings. The normalized spacial score (nSPS) is 10.6. The van der Waals surface area contributed by atoms with Crippen molar-refractivity contribution in [3.05, 3.63) is 58.5 Å². The van der Waals surface area contributed by atoms with Crippen LogP contribution in [0.15, 0.2) is 47.3 Å². The van der Waals surface area contributed by atoms with Crippen molar-refractivity contribution in [1.82, 2.24) is 9.97 Å². The molecule has 140 valence electrons. The van der Waals surface area contributed by atoms with Gasteiger partial charge in [0.2, 0.25) is 0 Å². The zero-order chi connectivity index (χ0) is 19.2. The lowest BCUT2D eigenvalue weighted by Gasteiger charge is -2.09. The van der Waals surface area contributed by atoms with Crippen molar-refractivity contribution in [2.75, 3.05) is 18.5 Å². The van der Waals surface area contributed by atoms with Gasteiger partial charge in [-0.2, -0.15) is 0 Å². The van der Waals surface area contributed by atoms with Gasteiger partial charge in [0, 0.05) is 5.69 Å². The number of para-hydroxylation sites is 1. The van der Waals surface area contributed by atoms with Crippen LogP contribution in [0.5, 0.6) is 5.75 Å². The summed E-state index contributed by atoms with van der Waals surface area (Å²) in [4.78, 5) is 40.1. The van der Waals surface area contributed by atoms with E-state index in [0.717, 1.165) is 5.56 Å². The fraction of sp³-hybridized carbons (Fsp3) is 0.211. The molecule has 1 amide bonds. The predicted molar refractivity (Wildman–Crippen MR) is 99.8 cm³/mol. The largest absolute Gasteiger partial charge is 0.493 e. The Labute approximate surface area is 154 Å². The summed E-state index contributed by atoms with van der Waals surface area (Å²) in [5, 5.41) is 2.60. The third-order valence-corrected chi connectivity index (χ3v) is 3.82. The zero-order valence-electron chi connectivity index (χ0n) is 14.7. The van der Waals surface area contributed by atoms with Crippen LogP contribution in [0.3, 0.4) is 0 Å². The van der Waals surface area contributed by atoms with Crippen LogP contribution in [0, 0.1) is 6.92 Å². The first-order valence-corrected chi connectivity index (χ1v) is 8.37. The monoisotopic (exact) mass is 369 g/mol. The van der Waals surface area contributed by atoms with E-state index in [2.05, 4.69) is 15.3 Å². The Balaban J connectivity index is 1.42. The van der Waals surface area contributed by atoms with Gasteiger partial charge in [0.1, 0.15) is 5.75 Å². The van der Waals surface area contributed by atoms with Crippen molar-refractivity contribution in [2.24, 2.45) is 0 Å². The number of benzene rings is 2. The molecule has 2 aromatic carbocycles. The number of carbonyl (C=O) groups is 2. The predicted octanol–water partition coefficient (Wildman–Crippen LogP) is 2.12. The molecule has 0 fully saturated rings. The number of imidazole rings is 1. The number of fused-ring (bicyclic) bond motifs is 1. The Morgan fingerprint density at radius 3 is 2.67 bits per heavy atom. The van der Waals surface area contributed by atoms with E-state index in [1.54, 1.807) is 18.2 Å². The average Bonchev–Trinajstić information content (AvgIpc) is 3.01. The molecule has 0 saturated heterocycles. The van der Waals surface area contributed by atoms with Crippen molar-refractivity contribution >= 4 is 28.6 Å². The Hall–Kier alpha value is -3.55. The first-order valence-electron chi connectivity index (χ1n) is 8.37. The maximum atomic E-state index is 11.9. The van der Waals surface area contributed by atoms with Crippen molar-refractivity contribution in [2.45, 2.75) is 13.3 Å². The van der Waals surface area contributed by atoms with Gasteiger partial charge >= 0.3 is 11.7 Å². The van der Waals surface area contributed by atoms with Crippen molar-refractivity contribution in [3.63, 3.8) is 0 Å². The summed E-state index contributed by atoms with van der Waals surface area (Å²) >= 11 is 0. The SMILES string of the molecule is Cc1ccccc1OCCC(=O)OCC(=O)Nc1ccc2[nH]c(=O)[nH]c2c1. The number of ether oxygens (including phenoxy) is 2. The molecule has 0 atom stereocenters. The second-order valence-electron chi connectivity index (χ2n) is 5.91. The molecular weight excluding hydrogens is 350 g/mol. The van der Waals surface area contributed by atoms with Crippen LogP contribution in [-0.2, 0) is 14.3 Å². The van der Waals surface area contributed by atoms with E-state index in [1.807, 2.05) is 31.2 Å². The fourth-order valence-corrected chi connectivity index (χ4v) is 2.49. The highest BCUT2D eigenvalue weighted by atomic mass is 16.5. The molecule has 27 heavy (non-hydrogen) atoms. The maximum absolute atomic E-state index is 11.9. The summed E-state index contributed by atoms with van der Waals surface area (Å²) in [5.41, 5.74) is 2.35. The van der Waals surface area contributed by atoms with Gasteiger partial charge in [-0.15, -0.1) is 0 Å². The average molecular weight is 369 g/mol. The lowest BCUT2D eigenvalue weighted by atomic mass is 10.2. The number of aryl methyl sites for hydroxylation is 1. The van der Waals surface area contributed by atoms with Crippen molar-refractivity contribution in [1.29, 1.82) is 0 Å². The van der Waals surface area contributed by atoms with Gasteiger partial charge in [-0.1, -0.05) is 18.2 Å². The molecule has 3 aromatic rings. The topological polar surface area (TPSA) is 113 Å². The van der Waals surface area contributed by atoms with Crippen LogP contribution in [0.25, 0.3) is 11.0 Å². The molecule has 0 bridgehead atoms. The lowest BCUT2D eigenvalue weighted by molar-refractivity contribution is -0.147. The van der Waals surface area contributed by atoms with Crippen LogP contribution in [0.4, 0.5) is 5.69 Å². The first-order chi connectivity index (χ1) is 13.0. The highest BCUT2D eigenvalue weighted by Gasteiger charge is 2.09. The van der Waals surface area contributed by atoms with Gasteiger partial charge in [0.25, 0.3) is 5.91 Å². The fourth-order valence-electron chi connectivity index (χ4n) is 2.49. The molecule has 1 heterocycles. The van der Waals surface area contributed by atoms with Crippen LogP contribution < -0.4 is 15.7 Å². The second kappa shape index (κ2) is 8.22. The van der Waals surface area contributed by atoms with E-state index in [1.165, 1.54) is 0 Å². The number of nitrogens with one attached hydrogen (secondary N) is 3. The number of H-pyrrole nitrogens is 2. The Bertz CT molecular complexity index is 1020. The summed E-state index contributed by atoms with van der Waals surface area (Å²) in [6, 6.07) is 12.4. The molecule has 0 unspecified atom stereocenters. The number of esters is 1. The number of aromatic amines is 2. The Morgan fingerprint density at radius 1 is 1.07 bits per heavy atom. The molecular formula is C19H19N3O5. The van der Waals surface area contributed by atoms with Gasteiger partial charge in [0.15, 0.2) is 6.61 Å². The smallest absolute Gasteiger partial charge is 0.323 e. The van der Waals surface area contributed by atoms with Gasteiger partial charge in [-0.05, 0) is 36.8 Å². The van der Waals surface area contributed by atoms with Gasteiger partial charge in [0.05, 0.1) is 24.1 Å². The standard InChI is InChI=1S/C19H19N3O5/c1-12-4-2-3-5-16(12)26-9-8-18(24)27-11-17(23)20-13-6-7-14-15(10-13)22-19(25)21-14/h2-7,10H,8-9,11H2,1H3,(H,20,23)(H2,21,22,25). The minimum atomic E-state index is -0.524. The van der Waals surface area contributed by atoms with E-state index in [4.69, 9.17) is 9.47 Å². The quantitative estimate of drug-likeness (QED) is 0.552.